The minimum Gasteiger partial charge on any atom is -0.394 e. The van der Waals surface area contributed by atoms with Gasteiger partial charge in [-0.25, -0.2) is 0 Å². The van der Waals surface area contributed by atoms with E-state index in [1.807, 2.05) is 22.6 Å². The monoisotopic (exact) mass is 350 g/mol. The average molecular weight is 350 g/mol. The highest BCUT2D eigenvalue weighted by Gasteiger charge is 2.16. The molecule has 2 N–H and O–H groups in total. The number of hydrogen-bond acceptors (Lipinski definition) is 4. The third-order valence-electron chi connectivity index (χ3n) is 2.06. The second-order valence-corrected chi connectivity index (χ2v) is 4.64. The van der Waals surface area contributed by atoms with Crippen LogP contribution in [0.3, 0.4) is 0 Å². The Balaban J connectivity index is 3.00. The van der Waals surface area contributed by atoms with Crippen LogP contribution in [0, 0.1) is 13.7 Å². The van der Waals surface area contributed by atoms with Crippen molar-refractivity contribution >= 4 is 34.2 Å². The summed E-state index contributed by atoms with van der Waals surface area (Å²) in [4.78, 5) is 21.8. The van der Waals surface area contributed by atoms with Crippen LogP contribution < -0.4 is 5.32 Å². The van der Waals surface area contributed by atoms with Crippen LogP contribution in [0.5, 0.6) is 0 Å². The predicted molar refractivity (Wildman–Crippen MR) is 69.8 cm³/mol. The van der Waals surface area contributed by atoms with Crippen molar-refractivity contribution in [3.05, 3.63) is 37.4 Å². The lowest BCUT2D eigenvalue weighted by molar-refractivity contribution is -0.384. The molecule has 1 aromatic carbocycles. The molecular formula is C10H11IN2O4. The number of amides is 1. The molecule has 6 nitrogen and oxygen atoms in total. The van der Waals surface area contributed by atoms with Gasteiger partial charge in [-0.05, 0) is 35.6 Å². The Kier molecular flexibility index (Phi) is 4.82. The smallest absolute Gasteiger partial charge is 0.270 e. The van der Waals surface area contributed by atoms with Crippen LogP contribution >= 0.6 is 22.6 Å². The molecule has 1 rings (SSSR count). The maximum absolute atomic E-state index is 11.8. The number of nitro groups is 1. The largest absolute Gasteiger partial charge is 0.394 e. The van der Waals surface area contributed by atoms with E-state index in [2.05, 4.69) is 5.32 Å². The molecule has 1 amide bonds. The number of aliphatic hydroxyl groups excluding tert-OH is 1. The van der Waals surface area contributed by atoms with Crippen LogP contribution in [0.4, 0.5) is 5.69 Å². The topological polar surface area (TPSA) is 92.5 Å². The number of carbonyl (C=O) groups is 1. The minimum atomic E-state index is -0.553. The Bertz CT molecular complexity index is 450. The Morgan fingerprint density at radius 3 is 2.82 bits per heavy atom. The Morgan fingerprint density at radius 2 is 2.29 bits per heavy atom. The lowest BCUT2D eigenvalue weighted by Gasteiger charge is -2.11. The van der Waals surface area contributed by atoms with E-state index in [9.17, 15) is 14.9 Å². The van der Waals surface area contributed by atoms with Gasteiger partial charge in [0.05, 0.1) is 17.1 Å². The standard InChI is InChI=1S/C10H11IN2O4/c1-6(5-14)12-10(15)8-4-7(13(16)17)2-3-9(8)11/h2-4,6,14H,5H2,1H3,(H,12,15). The molecule has 1 aromatic rings. The Hall–Kier alpha value is -1.22. The Labute approximate surface area is 111 Å². The van der Waals surface area contributed by atoms with Crippen molar-refractivity contribution < 1.29 is 14.8 Å². The molecule has 1 unspecified atom stereocenters. The molecule has 0 fully saturated rings. The lowest BCUT2D eigenvalue weighted by Crippen LogP contribution is -2.35. The SMILES string of the molecule is CC(CO)NC(=O)c1cc([N+](=O)[O-])ccc1I. The summed E-state index contributed by atoms with van der Waals surface area (Å²) in [6.07, 6.45) is 0. The summed E-state index contributed by atoms with van der Waals surface area (Å²) in [7, 11) is 0. The first-order chi connectivity index (χ1) is 7.95. The number of halogens is 1. The number of rotatable bonds is 4. The molecule has 0 aliphatic heterocycles. The zero-order valence-electron chi connectivity index (χ0n) is 9.01. The summed E-state index contributed by atoms with van der Waals surface area (Å²) >= 11 is 1.93. The van der Waals surface area contributed by atoms with E-state index in [0.29, 0.717) is 3.57 Å². The molecule has 0 aliphatic carbocycles. The van der Waals surface area contributed by atoms with Crippen LogP contribution in [0.25, 0.3) is 0 Å². The van der Waals surface area contributed by atoms with Gasteiger partial charge in [0.25, 0.3) is 11.6 Å². The number of non-ortho nitro benzene ring substituents is 1. The zero-order chi connectivity index (χ0) is 13.0. The average Bonchev–Trinajstić information content (AvgIpc) is 2.28. The van der Waals surface area contributed by atoms with E-state index in [0.717, 1.165) is 0 Å². The van der Waals surface area contributed by atoms with Crippen molar-refractivity contribution in [3.8, 4) is 0 Å². The summed E-state index contributed by atoms with van der Waals surface area (Å²) in [5.41, 5.74) is 0.104. The number of benzene rings is 1. The second kappa shape index (κ2) is 5.92. The molecule has 92 valence electrons. The maximum atomic E-state index is 11.8. The molecular weight excluding hydrogens is 339 g/mol. The van der Waals surface area contributed by atoms with E-state index in [1.165, 1.54) is 18.2 Å². The molecule has 0 bridgehead atoms. The molecule has 17 heavy (non-hydrogen) atoms. The fraction of sp³-hybridized carbons (Fsp3) is 0.300. The van der Waals surface area contributed by atoms with Gasteiger partial charge in [-0.1, -0.05) is 0 Å². The molecule has 0 aromatic heterocycles. The summed E-state index contributed by atoms with van der Waals surface area (Å²) in [5.74, 6) is -0.431. The van der Waals surface area contributed by atoms with Gasteiger partial charge in [0.2, 0.25) is 0 Å². The van der Waals surface area contributed by atoms with Crippen LogP contribution in [-0.2, 0) is 0 Å². The lowest BCUT2D eigenvalue weighted by atomic mass is 10.2. The summed E-state index contributed by atoms with van der Waals surface area (Å²) < 4.78 is 0.621. The van der Waals surface area contributed by atoms with Crippen LogP contribution in [0.15, 0.2) is 18.2 Å². The van der Waals surface area contributed by atoms with E-state index < -0.39 is 16.9 Å². The van der Waals surface area contributed by atoms with Crippen LogP contribution in [-0.4, -0.2) is 28.6 Å². The highest BCUT2D eigenvalue weighted by molar-refractivity contribution is 14.1. The molecule has 1 atom stereocenters. The zero-order valence-corrected chi connectivity index (χ0v) is 11.2. The van der Waals surface area contributed by atoms with E-state index in [1.54, 1.807) is 6.92 Å². The van der Waals surface area contributed by atoms with Crippen molar-refractivity contribution in [2.24, 2.45) is 0 Å². The molecule has 0 saturated heterocycles. The normalized spacial score (nSPS) is 11.9. The van der Waals surface area contributed by atoms with Gasteiger partial charge < -0.3 is 10.4 Å². The second-order valence-electron chi connectivity index (χ2n) is 3.48. The maximum Gasteiger partial charge on any atom is 0.270 e. The number of aliphatic hydroxyl groups is 1. The van der Waals surface area contributed by atoms with Gasteiger partial charge in [-0.15, -0.1) is 0 Å². The molecule has 0 radical (unpaired) electrons. The van der Waals surface area contributed by atoms with E-state index >= 15 is 0 Å². The first-order valence-corrected chi connectivity index (χ1v) is 5.89. The molecule has 0 heterocycles. The van der Waals surface area contributed by atoms with Gasteiger partial charge in [0.15, 0.2) is 0 Å². The number of nitro benzene ring substituents is 1. The summed E-state index contributed by atoms with van der Waals surface area (Å²) in [6, 6.07) is 3.68. The van der Waals surface area contributed by atoms with Gasteiger partial charge >= 0.3 is 0 Å². The fourth-order valence-corrected chi connectivity index (χ4v) is 1.73. The fourth-order valence-electron chi connectivity index (χ4n) is 1.15. The van der Waals surface area contributed by atoms with Crippen molar-refractivity contribution in [2.75, 3.05) is 6.61 Å². The summed E-state index contributed by atoms with van der Waals surface area (Å²) in [5, 5.41) is 22.0. The minimum absolute atomic E-state index is 0.132. The van der Waals surface area contributed by atoms with Gasteiger partial charge in [-0.3, -0.25) is 14.9 Å². The summed E-state index contributed by atoms with van der Waals surface area (Å²) in [6.45, 7) is 1.46. The Morgan fingerprint density at radius 1 is 1.65 bits per heavy atom. The van der Waals surface area contributed by atoms with E-state index in [-0.39, 0.29) is 17.9 Å². The van der Waals surface area contributed by atoms with Crippen molar-refractivity contribution in [2.45, 2.75) is 13.0 Å². The van der Waals surface area contributed by atoms with E-state index in [4.69, 9.17) is 5.11 Å². The number of nitrogens with one attached hydrogen (secondary N) is 1. The first kappa shape index (κ1) is 13.8. The van der Waals surface area contributed by atoms with Gasteiger partial charge in [0, 0.05) is 21.7 Å². The number of nitrogens with zero attached hydrogens (tertiary/aromatic N) is 1. The van der Waals surface area contributed by atoms with Gasteiger partial charge in [0.1, 0.15) is 0 Å². The number of hydrogen-bond donors (Lipinski definition) is 2. The quantitative estimate of drug-likeness (QED) is 0.487. The highest BCUT2D eigenvalue weighted by Crippen LogP contribution is 2.19. The van der Waals surface area contributed by atoms with Crippen LogP contribution in [0.1, 0.15) is 17.3 Å². The molecule has 7 heteroatoms. The molecule has 0 saturated carbocycles. The van der Waals surface area contributed by atoms with Crippen LogP contribution in [0.2, 0.25) is 0 Å². The van der Waals surface area contributed by atoms with Gasteiger partial charge in [-0.2, -0.15) is 0 Å². The molecule has 0 aliphatic rings. The third kappa shape index (κ3) is 3.63. The van der Waals surface area contributed by atoms with Crippen molar-refractivity contribution in [3.63, 3.8) is 0 Å². The van der Waals surface area contributed by atoms with Crippen molar-refractivity contribution in [1.82, 2.24) is 5.32 Å². The van der Waals surface area contributed by atoms with Crippen molar-refractivity contribution in [1.29, 1.82) is 0 Å². The first-order valence-electron chi connectivity index (χ1n) is 4.81. The molecule has 0 spiro atoms. The number of carbonyl (C=O) groups excluding carboxylic acids is 1. The third-order valence-corrected chi connectivity index (χ3v) is 3.00. The highest BCUT2D eigenvalue weighted by atomic mass is 127. The predicted octanol–water partition coefficient (Wildman–Crippen LogP) is 1.31.